The maximum absolute atomic E-state index is 13.3. The highest BCUT2D eigenvalue weighted by Gasteiger charge is 2.09. The van der Waals surface area contributed by atoms with Gasteiger partial charge in [0, 0.05) is 12.1 Å². The van der Waals surface area contributed by atoms with E-state index in [1.165, 1.54) is 12.1 Å². The van der Waals surface area contributed by atoms with Crippen LogP contribution in [0.15, 0.2) is 30.3 Å². The number of ether oxygens (including phenoxy) is 1. The van der Waals surface area contributed by atoms with Gasteiger partial charge >= 0.3 is 0 Å². The Labute approximate surface area is 108 Å². The Balaban J connectivity index is 2.34. The molecule has 0 spiro atoms. The summed E-state index contributed by atoms with van der Waals surface area (Å²) < 4.78 is 31.9. The fourth-order valence-corrected chi connectivity index (χ4v) is 1.57. The van der Waals surface area contributed by atoms with E-state index >= 15 is 0 Å². The van der Waals surface area contributed by atoms with E-state index in [0.29, 0.717) is 5.56 Å². The van der Waals surface area contributed by atoms with Crippen molar-refractivity contribution in [3.8, 4) is 11.5 Å². The van der Waals surface area contributed by atoms with Crippen molar-refractivity contribution in [3.05, 3.63) is 52.6 Å². The molecule has 18 heavy (non-hydrogen) atoms. The fraction of sp³-hybridized carbons (Fsp3) is 0.0769. The molecule has 5 heteroatoms. The first kappa shape index (κ1) is 12.6. The molecule has 0 aliphatic heterocycles. The summed E-state index contributed by atoms with van der Waals surface area (Å²) in [5, 5.41) is -0.0880. The molecule has 2 nitrogen and oxygen atoms in total. The molecule has 0 radical (unpaired) electrons. The number of nitrogens with two attached hydrogens (primary N) is 1. The number of halogens is 3. The van der Waals surface area contributed by atoms with Crippen LogP contribution in [-0.4, -0.2) is 0 Å². The van der Waals surface area contributed by atoms with Crippen LogP contribution in [0.3, 0.4) is 0 Å². The van der Waals surface area contributed by atoms with Crippen LogP contribution in [-0.2, 0) is 0 Å². The zero-order valence-corrected chi connectivity index (χ0v) is 10.3. The van der Waals surface area contributed by atoms with Crippen molar-refractivity contribution >= 4 is 17.3 Å². The van der Waals surface area contributed by atoms with E-state index in [9.17, 15) is 8.78 Å². The molecule has 0 bridgehead atoms. The second-order valence-corrected chi connectivity index (χ2v) is 4.22. The van der Waals surface area contributed by atoms with Gasteiger partial charge in [-0.05, 0) is 24.6 Å². The van der Waals surface area contributed by atoms with E-state index in [2.05, 4.69) is 0 Å². The van der Waals surface area contributed by atoms with E-state index in [1.807, 2.05) is 0 Å². The molecule has 0 amide bonds. The predicted octanol–water partition coefficient (Wildman–Crippen LogP) is 4.30. The van der Waals surface area contributed by atoms with Gasteiger partial charge in [-0.2, -0.15) is 0 Å². The van der Waals surface area contributed by atoms with Crippen LogP contribution >= 0.6 is 11.6 Å². The Hall–Kier alpha value is -1.81. The van der Waals surface area contributed by atoms with Crippen LogP contribution < -0.4 is 10.5 Å². The molecular weight excluding hydrogens is 260 g/mol. The first-order valence-corrected chi connectivity index (χ1v) is 5.53. The normalized spacial score (nSPS) is 10.4. The Morgan fingerprint density at radius 1 is 1.11 bits per heavy atom. The smallest absolute Gasteiger partial charge is 0.153 e. The van der Waals surface area contributed by atoms with E-state index < -0.39 is 11.6 Å². The molecule has 0 atom stereocenters. The van der Waals surface area contributed by atoms with Crippen LogP contribution in [0.1, 0.15) is 5.56 Å². The lowest BCUT2D eigenvalue weighted by molar-refractivity contribution is 0.473. The molecule has 2 aromatic carbocycles. The zero-order valence-electron chi connectivity index (χ0n) is 9.51. The van der Waals surface area contributed by atoms with Gasteiger partial charge in [-0.15, -0.1) is 0 Å². The summed E-state index contributed by atoms with van der Waals surface area (Å²) in [5.74, 6) is -0.708. The average Bonchev–Trinajstić information content (AvgIpc) is 2.31. The molecule has 0 saturated carbocycles. The van der Waals surface area contributed by atoms with Gasteiger partial charge in [-0.1, -0.05) is 17.7 Å². The van der Waals surface area contributed by atoms with Crippen molar-refractivity contribution in [2.45, 2.75) is 6.92 Å². The second kappa shape index (κ2) is 4.82. The standard InChI is InChI=1S/C13H10ClF2NO/c1-7-2-3-8(4-10(7)15)18-13-6-11(16)9(14)5-12(13)17/h2-6H,17H2,1H3. The van der Waals surface area contributed by atoms with Crippen molar-refractivity contribution in [1.29, 1.82) is 0 Å². The van der Waals surface area contributed by atoms with Crippen LogP contribution in [0.5, 0.6) is 11.5 Å². The van der Waals surface area contributed by atoms with Crippen LogP contribution in [0, 0.1) is 18.6 Å². The highest BCUT2D eigenvalue weighted by molar-refractivity contribution is 6.31. The van der Waals surface area contributed by atoms with Crippen molar-refractivity contribution in [2.24, 2.45) is 0 Å². The molecule has 0 unspecified atom stereocenters. The highest BCUT2D eigenvalue weighted by atomic mass is 35.5. The first-order chi connectivity index (χ1) is 8.47. The van der Waals surface area contributed by atoms with Gasteiger partial charge in [-0.25, -0.2) is 8.78 Å². The Kier molecular flexibility index (Phi) is 3.39. The number of aryl methyl sites for hydroxylation is 1. The summed E-state index contributed by atoms with van der Waals surface area (Å²) >= 11 is 5.56. The van der Waals surface area contributed by atoms with Gasteiger partial charge in [0.05, 0.1) is 10.7 Å². The number of rotatable bonds is 2. The Bertz CT molecular complexity index is 602. The molecule has 0 fully saturated rings. The Morgan fingerprint density at radius 2 is 1.83 bits per heavy atom. The molecular formula is C13H10ClF2NO. The largest absolute Gasteiger partial charge is 0.455 e. The van der Waals surface area contributed by atoms with E-state index in [-0.39, 0.29) is 22.2 Å². The van der Waals surface area contributed by atoms with Crippen molar-refractivity contribution in [2.75, 3.05) is 5.73 Å². The number of hydrogen-bond acceptors (Lipinski definition) is 2. The van der Waals surface area contributed by atoms with Gasteiger partial charge in [0.1, 0.15) is 17.4 Å². The van der Waals surface area contributed by atoms with Crippen molar-refractivity contribution in [1.82, 2.24) is 0 Å². The summed E-state index contributed by atoms with van der Waals surface area (Å²) in [6.07, 6.45) is 0. The third-order valence-corrected chi connectivity index (χ3v) is 2.71. The summed E-state index contributed by atoms with van der Waals surface area (Å²) in [7, 11) is 0. The summed E-state index contributed by atoms with van der Waals surface area (Å²) in [6, 6.07) is 6.66. The van der Waals surface area contributed by atoms with Crippen LogP contribution in [0.25, 0.3) is 0 Å². The fourth-order valence-electron chi connectivity index (χ4n) is 1.40. The van der Waals surface area contributed by atoms with E-state index in [0.717, 1.165) is 6.07 Å². The molecule has 0 aromatic heterocycles. The summed E-state index contributed by atoms with van der Waals surface area (Å²) in [6.45, 7) is 1.63. The molecule has 0 heterocycles. The number of hydrogen-bond donors (Lipinski definition) is 1. The topological polar surface area (TPSA) is 35.2 Å². The van der Waals surface area contributed by atoms with Crippen molar-refractivity contribution < 1.29 is 13.5 Å². The molecule has 2 rings (SSSR count). The minimum Gasteiger partial charge on any atom is -0.455 e. The molecule has 0 aliphatic rings. The SMILES string of the molecule is Cc1ccc(Oc2cc(F)c(Cl)cc2N)cc1F. The maximum atomic E-state index is 13.3. The minimum absolute atomic E-state index is 0.0880. The van der Waals surface area contributed by atoms with Crippen LogP contribution in [0.4, 0.5) is 14.5 Å². The minimum atomic E-state index is -0.645. The molecule has 2 aromatic rings. The lowest BCUT2D eigenvalue weighted by Gasteiger charge is -2.10. The second-order valence-electron chi connectivity index (χ2n) is 3.82. The molecule has 94 valence electrons. The molecule has 2 N–H and O–H groups in total. The maximum Gasteiger partial charge on any atom is 0.153 e. The monoisotopic (exact) mass is 269 g/mol. The number of benzene rings is 2. The average molecular weight is 270 g/mol. The lowest BCUT2D eigenvalue weighted by atomic mass is 10.2. The van der Waals surface area contributed by atoms with Gasteiger partial charge in [0.25, 0.3) is 0 Å². The van der Waals surface area contributed by atoms with Gasteiger partial charge < -0.3 is 10.5 Å². The summed E-state index contributed by atoms with van der Waals surface area (Å²) in [5.41, 5.74) is 6.32. The van der Waals surface area contributed by atoms with Gasteiger partial charge in [0.2, 0.25) is 0 Å². The van der Waals surface area contributed by atoms with Gasteiger partial charge in [0.15, 0.2) is 5.75 Å². The van der Waals surface area contributed by atoms with Gasteiger partial charge in [-0.3, -0.25) is 0 Å². The molecule has 0 saturated heterocycles. The van der Waals surface area contributed by atoms with E-state index in [4.69, 9.17) is 22.1 Å². The first-order valence-electron chi connectivity index (χ1n) is 5.16. The third-order valence-electron chi connectivity index (χ3n) is 2.42. The van der Waals surface area contributed by atoms with E-state index in [1.54, 1.807) is 19.1 Å². The lowest BCUT2D eigenvalue weighted by Crippen LogP contribution is -1.94. The quantitative estimate of drug-likeness (QED) is 0.825. The zero-order chi connectivity index (χ0) is 13.3. The number of anilines is 1. The third kappa shape index (κ3) is 2.54. The highest BCUT2D eigenvalue weighted by Crippen LogP contribution is 2.32. The van der Waals surface area contributed by atoms with Crippen LogP contribution in [0.2, 0.25) is 5.02 Å². The number of nitrogen functional groups attached to an aromatic ring is 1. The molecule has 0 aliphatic carbocycles. The summed E-state index contributed by atoms with van der Waals surface area (Å²) in [4.78, 5) is 0. The Morgan fingerprint density at radius 3 is 2.50 bits per heavy atom. The van der Waals surface area contributed by atoms with Crippen molar-refractivity contribution in [3.63, 3.8) is 0 Å². The predicted molar refractivity (Wildman–Crippen MR) is 67.0 cm³/mol.